The molecule has 0 saturated carbocycles. The number of ether oxygens (including phenoxy) is 2. The Morgan fingerprint density at radius 3 is 2.57 bits per heavy atom. The van der Waals surface area contributed by atoms with Crippen LogP contribution >= 0.6 is 11.3 Å². The maximum Gasteiger partial charge on any atom is 0.337 e. The molecule has 1 aliphatic heterocycles. The van der Waals surface area contributed by atoms with Crippen LogP contribution in [0.15, 0.2) is 24.3 Å². The number of benzene rings is 1. The first-order valence-electron chi connectivity index (χ1n) is 7.28. The summed E-state index contributed by atoms with van der Waals surface area (Å²) < 4.78 is 10.1. The molecule has 2 heterocycles. The molecule has 2 aromatic rings. The molecule has 0 bridgehead atoms. The van der Waals surface area contributed by atoms with Crippen molar-refractivity contribution in [2.75, 3.05) is 26.1 Å². The van der Waals surface area contributed by atoms with Crippen molar-refractivity contribution in [3.63, 3.8) is 0 Å². The van der Waals surface area contributed by atoms with E-state index in [2.05, 4.69) is 10.1 Å². The van der Waals surface area contributed by atoms with Crippen molar-refractivity contribution < 1.29 is 19.1 Å². The van der Waals surface area contributed by atoms with E-state index < -0.39 is 5.97 Å². The minimum absolute atomic E-state index is 0.0369. The van der Waals surface area contributed by atoms with Gasteiger partial charge in [-0.25, -0.2) is 4.79 Å². The highest BCUT2D eigenvalue weighted by atomic mass is 32.1. The number of fused-ring (bicyclic) bond motifs is 1. The van der Waals surface area contributed by atoms with Crippen molar-refractivity contribution in [2.45, 2.75) is 13.0 Å². The Hall–Kier alpha value is -2.18. The second-order valence-electron chi connectivity index (χ2n) is 5.16. The van der Waals surface area contributed by atoms with Crippen molar-refractivity contribution in [1.29, 1.82) is 0 Å². The third-order valence-corrected chi connectivity index (χ3v) is 5.07. The van der Waals surface area contributed by atoms with Gasteiger partial charge in [0.05, 0.1) is 36.5 Å². The van der Waals surface area contributed by atoms with Gasteiger partial charge in [0.25, 0.3) is 0 Å². The molecular formula is C17H17NO4S. The Morgan fingerprint density at radius 2 is 1.91 bits per heavy atom. The number of carbonyl (C=O) groups is 2. The lowest BCUT2D eigenvalue weighted by molar-refractivity contribution is 0.0600. The maximum atomic E-state index is 12.9. The molecule has 0 atom stereocenters. The number of hydrogen-bond donors (Lipinski definition) is 1. The van der Waals surface area contributed by atoms with Gasteiger partial charge >= 0.3 is 5.97 Å². The second-order valence-corrected chi connectivity index (χ2v) is 6.26. The first-order chi connectivity index (χ1) is 11.2. The van der Waals surface area contributed by atoms with Crippen molar-refractivity contribution in [1.82, 2.24) is 0 Å². The predicted octanol–water partition coefficient (Wildman–Crippen LogP) is 2.88. The maximum absolute atomic E-state index is 12.9. The Bertz CT molecular complexity index is 749. The fraction of sp³-hybridized carbons (Fsp3) is 0.294. The number of anilines is 1. The van der Waals surface area contributed by atoms with Crippen LogP contribution in [-0.4, -0.2) is 32.5 Å². The van der Waals surface area contributed by atoms with Crippen LogP contribution in [0.1, 0.15) is 36.7 Å². The minimum atomic E-state index is -0.412. The number of nitrogens with one attached hydrogen (secondary N) is 1. The highest BCUT2D eigenvalue weighted by Crippen LogP contribution is 2.37. The summed E-state index contributed by atoms with van der Waals surface area (Å²) >= 11 is 1.57. The van der Waals surface area contributed by atoms with E-state index in [0.717, 1.165) is 27.4 Å². The van der Waals surface area contributed by atoms with E-state index >= 15 is 0 Å². The van der Waals surface area contributed by atoms with Crippen LogP contribution < -0.4 is 5.32 Å². The van der Waals surface area contributed by atoms with Crippen LogP contribution in [-0.2, 0) is 22.5 Å². The largest absolute Gasteiger partial charge is 0.465 e. The first kappa shape index (κ1) is 15.7. The quantitative estimate of drug-likeness (QED) is 0.689. The van der Waals surface area contributed by atoms with Gasteiger partial charge in [-0.2, -0.15) is 0 Å². The Balaban J connectivity index is 1.97. The van der Waals surface area contributed by atoms with E-state index in [4.69, 9.17) is 4.74 Å². The summed E-state index contributed by atoms with van der Waals surface area (Å²) in [7, 11) is 3.15. The smallest absolute Gasteiger partial charge is 0.337 e. The van der Waals surface area contributed by atoms with Gasteiger partial charge in [0, 0.05) is 17.5 Å². The summed E-state index contributed by atoms with van der Waals surface area (Å²) in [6, 6.07) is 6.55. The lowest BCUT2D eigenvalue weighted by Gasteiger charge is -2.13. The van der Waals surface area contributed by atoms with Crippen LogP contribution in [0.3, 0.4) is 0 Å². The normalized spacial score (nSPS) is 13.3. The highest BCUT2D eigenvalue weighted by molar-refractivity contribution is 7.16. The molecule has 0 radical (unpaired) electrons. The average molecular weight is 331 g/mol. The summed E-state index contributed by atoms with van der Waals surface area (Å²) in [4.78, 5) is 25.5. The summed E-state index contributed by atoms with van der Waals surface area (Å²) in [6.45, 7) is 1.19. The van der Waals surface area contributed by atoms with E-state index in [0.29, 0.717) is 24.3 Å². The molecule has 0 spiro atoms. The van der Waals surface area contributed by atoms with E-state index in [9.17, 15) is 9.59 Å². The highest BCUT2D eigenvalue weighted by Gasteiger charge is 2.26. The van der Waals surface area contributed by atoms with Crippen LogP contribution in [0.4, 0.5) is 5.00 Å². The third kappa shape index (κ3) is 2.87. The summed E-state index contributed by atoms with van der Waals surface area (Å²) in [5.41, 5.74) is 2.79. The Morgan fingerprint density at radius 1 is 1.22 bits per heavy atom. The van der Waals surface area contributed by atoms with E-state index in [1.807, 2.05) is 7.05 Å². The number of hydrogen-bond acceptors (Lipinski definition) is 6. The molecule has 6 heteroatoms. The zero-order valence-electron chi connectivity index (χ0n) is 13.0. The van der Waals surface area contributed by atoms with Gasteiger partial charge in [-0.1, -0.05) is 12.1 Å². The molecular weight excluding hydrogens is 314 g/mol. The Kier molecular flexibility index (Phi) is 4.45. The second kappa shape index (κ2) is 6.52. The molecule has 1 N–H and O–H groups in total. The van der Waals surface area contributed by atoms with Crippen molar-refractivity contribution in [2.24, 2.45) is 0 Å². The molecule has 5 nitrogen and oxygen atoms in total. The first-order valence-corrected chi connectivity index (χ1v) is 8.10. The van der Waals surface area contributed by atoms with Crippen LogP contribution in [0, 0.1) is 0 Å². The molecule has 3 rings (SSSR count). The molecule has 0 unspecified atom stereocenters. The molecule has 1 aromatic carbocycles. The zero-order chi connectivity index (χ0) is 16.4. The average Bonchev–Trinajstić information content (AvgIpc) is 2.99. The van der Waals surface area contributed by atoms with Crippen molar-refractivity contribution >= 4 is 28.1 Å². The number of esters is 1. The molecule has 120 valence electrons. The predicted molar refractivity (Wildman–Crippen MR) is 88.4 cm³/mol. The van der Waals surface area contributed by atoms with Crippen molar-refractivity contribution in [3.8, 4) is 0 Å². The van der Waals surface area contributed by atoms with Gasteiger partial charge in [-0.05, 0) is 24.1 Å². The third-order valence-electron chi connectivity index (χ3n) is 3.84. The van der Waals surface area contributed by atoms with E-state index in [1.54, 1.807) is 35.6 Å². The standard InChI is InChI=1S/C17H17NO4S/c1-18-16-14(12-7-8-22-9-13(12)23-16)15(19)10-3-5-11(6-4-10)17(20)21-2/h3-6,18H,7-9H2,1-2H3. The summed E-state index contributed by atoms with van der Waals surface area (Å²) in [6.07, 6.45) is 0.745. The van der Waals surface area contributed by atoms with Gasteiger partial charge < -0.3 is 14.8 Å². The Labute approximate surface area is 138 Å². The molecule has 0 aliphatic carbocycles. The number of carbonyl (C=O) groups excluding carboxylic acids is 2. The van der Waals surface area contributed by atoms with Crippen LogP contribution in [0.5, 0.6) is 0 Å². The fourth-order valence-electron chi connectivity index (χ4n) is 2.67. The molecule has 0 fully saturated rings. The van der Waals surface area contributed by atoms with Gasteiger partial charge in [-0.3, -0.25) is 4.79 Å². The van der Waals surface area contributed by atoms with Gasteiger partial charge in [-0.15, -0.1) is 11.3 Å². The summed E-state index contributed by atoms with van der Waals surface area (Å²) in [5.74, 6) is -0.449. The monoisotopic (exact) mass is 331 g/mol. The number of ketones is 1. The molecule has 1 aliphatic rings. The number of thiophene rings is 1. The number of methoxy groups -OCH3 is 1. The van der Waals surface area contributed by atoms with E-state index in [-0.39, 0.29) is 5.78 Å². The SMILES string of the molecule is CNc1sc2c(c1C(=O)c1ccc(C(=O)OC)cc1)CCOC2. The van der Waals surface area contributed by atoms with E-state index in [1.165, 1.54) is 7.11 Å². The lowest BCUT2D eigenvalue weighted by atomic mass is 9.97. The van der Waals surface area contributed by atoms with Gasteiger partial charge in [0.2, 0.25) is 0 Å². The summed E-state index contributed by atoms with van der Waals surface area (Å²) in [5, 5.41) is 3.97. The van der Waals surface area contributed by atoms with Gasteiger partial charge in [0.1, 0.15) is 0 Å². The molecule has 1 aromatic heterocycles. The molecule has 0 saturated heterocycles. The lowest BCUT2D eigenvalue weighted by Crippen LogP contribution is -2.12. The van der Waals surface area contributed by atoms with Crippen LogP contribution in [0.25, 0.3) is 0 Å². The topological polar surface area (TPSA) is 64.6 Å². The van der Waals surface area contributed by atoms with Gasteiger partial charge in [0.15, 0.2) is 5.78 Å². The van der Waals surface area contributed by atoms with Crippen LogP contribution in [0.2, 0.25) is 0 Å². The molecule has 23 heavy (non-hydrogen) atoms. The molecule has 0 amide bonds. The zero-order valence-corrected chi connectivity index (χ0v) is 13.8. The fourth-order valence-corrected chi connectivity index (χ4v) is 3.80. The number of rotatable bonds is 4. The van der Waals surface area contributed by atoms with Crippen molar-refractivity contribution in [3.05, 3.63) is 51.4 Å². The minimum Gasteiger partial charge on any atom is -0.465 e.